The number of rotatable bonds is 8. The number of anilines is 2. The highest BCUT2D eigenvalue weighted by Gasteiger charge is 2.09. The van der Waals surface area contributed by atoms with Crippen LogP contribution in [0.4, 0.5) is 15.9 Å². The Hall–Kier alpha value is -2.15. The van der Waals surface area contributed by atoms with E-state index in [4.69, 9.17) is 0 Å². The van der Waals surface area contributed by atoms with Crippen molar-refractivity contribution in [3.05, 3.63) is 54.0 Å². The van der Waals surface area contributed by atoms with E-state index in [9.17, 15) is 12.8 Å². The van der Waals surface area contributed by atoms with Crippen molar-refractivity contribution in [3.8, 4) is 0 Å². The fourth-order valence-corrected chi connectivity index (χ4v) is 3.17. The highest BCUT2D eigenvalue weighted by molar-refractivity contribution is 7.92. The van der Waals surface area contributed by atoms with Gasteiger partial charge < -0.3 is 5.32 Å². The lowest BCUT2D eigenvalue weighted by Gasteiger charge is -2.09. The summed E-state index contributed by atoms with van der Waals surface area (Å²) in [7, 11) is -3.31. The van der Waals surface area contributed by atoms with Gasteiger partial charge in [0.1, 0.15) is 11.6 Å². The van der Waals surface area contributed by atoms with E-state index in [1.54, 1.807) is 24.3 Å². The van der Waals surface area contributed by atoms with Crippen molar-refractivity contribution >= 4 is 21.5 Å². The number of hydrogen-bond acceptors (Lipinski definition) is 4. The van der Waals surface area contributed by atoms with Gasteiger partial charge in [-0.2, -0.15) is 0 Å². The standard InChI is InChI=1S/C16H20FN3O2S/c1-2-3-10-23(21,22)20-15-8-9-16(19-12-15)18-11-13-4-6-14(17)7-5-13/h4-9,12,20H,2-3,10-11H2,1H3,(H,18,19). The van der Waals surface area contributed by atoms with Crippen LogP contribution in [-0.2, 0) is 16.6 Å². The Balaban J connectivity index is 1.90. The number of sulfonamides is 1. The molecule has 0 spiro atoms. The molecule has 0 fully saturated rings. The first-order valence-electron chi connectivity index (χ1n) is 7.43. The van der Waals surface area contributed by atoms with Crippen LogP contribution in [0.25, 0.3) is 0 Å². The van der Waals surface area contributed by atoms with Crippen LogP contribution in [0.15, 0.2) is 42.6 Å². The molecule has 0 radical (unpaired) electrons. The van der Waals surface area contributed by atoms with Crippen molar-refractivity contribution in [2.24, 2.45) is 0 Å². The summed E-state index contributed by atoms with van der Waals surface area (Å²) in [6, 6.07) is 9.54. The predicted octanol–water partition coefficient (Wildman–Crippen LogP) is 3.37. The maximum atomic E-state index is 12.8. The Morgan fingerprint density at radius 3 is 2.48 bits per heavy atom. The average molecular weight is 337 g/mol. The van der Waals surface area contributed by atoms with Crippen molar-refractivity contribution in [1.82, 2.24) is 4.98 Å². The number of nitrogens with one attached hydrogen (secondary N) is 2. The first-order chi connectivity index (χ1) is 11.0. The molecule has 2 aromatic rings. The number of benzene rings is 1. The summed E-state index contributed by atoms with van der Waals surface area (Å²) in [5, 5.41) is 3.09. The van der Waals surface area contributed by atoms with Crippen LogP contribution < -0.4 is 10.0 Å². The van der Waals surface area contributed by atoms with Crippen molar-refractivity contribution < 1.29 is 12.8 Å². The smallest absolute Gasteiger partial charge is 0.232 e. The number of pyridine rings is 1. The van der Waals surface area contributed by atoms with Crippen LogP contribution in [0.3, 0.4) is 0 Å². The number of aromatic nitrogens is 1. The molecule has 1 heterocycles. The SMILES string of the molecule is CCCCS(=O)(=O)Nc1ccc(NCc2ccc(F)cc2)nc1. The normalized spacial score (nSPS) is 11.2. The van der Waals surface area contributed by atoms with E-state index >= 15 is 0 Å². The van der Waals surface area contributed by atoms with Crippen LogP contribution in [0, 0.1) is 5.82 Å². The van der Waals surface area contributed by atoms with Gasteiger partial charge in [0.15, 0.2) is 0 Å². The summed E-state index contributed by atoms with van der Waals surface area (Å²) in [5.41, 5.74) is 1.37. The second-order valence-corrected chi connectivity index (χ2v) is 7.03. The highest BCUT2D eigenvalue weighted by atomic mass is 32.2. The summed E-state index contributed by atoms with van der Waals surface area (Å²) in [5.74, 6) is 0.450. The summed E-state index contributed by atoms with van der Waals surface area (Å²) < 4.78 is 38.9. The lowest BCUT2D eigenvalue weighted by Crippen LogP contribution is -2.16. The summed E-state index contributed by atoms with van der Waals surface area (Å²) in [6.45, 7) is 2.45. The molecule has 124 valence electrons. The van der Waals surface area contributed by atoms with E-state index in [2.05, 4.69) is 15.0 Å². The molecule has 0 aliphatic rings. The van der Waals surface area contributed by atoms with Gasteiger partial charge >= 0.3 is 0 Å². The quantitative estimate of drug-likeness (QED) is 0.775. The second-order valence-electron chi connectivity index (χ2n) is 5.19. The van der Waals surface area contributed by atoms with Gasteiger partial charge in [0.25, 0.3) is 0 Å². The van der Waals surface area contributed by atoms with Crippen molar-refractivity contribution in [1.29, 1.82) is 0 Å². The number of halogens is 1. The van der Waals surface area contributed by atoms with Crippen LogP contribution in [0.5, 0.6) is 0 Å². The van der Waals surface area contributed by atoms with Crippen molar-refractivity contribution in [2.75, 3.05) is 15.8 Å². The fraction of sp³-hybridized carbons (Fsp3) is 0.312. The monoisotopic (exact) mass is 337 g/mol. The summed E-state index contributed by atoms with van der Waals surface area (Å²) >= 11 is 0. The average Bonchev–Trinajstić information content (AvgIpc) is 2.53. The Morgan fingerprint density at radius 2 is 1.87 bits per heavy atom. The van der Waals surface area contributed by atoms with Crippen LogP contribution in [-0.4, -0.2) is 19.2 Å². The number of hydrogen-bond donors (Lipinski definition) is 2. The van der Waals surface area contributed by atoms with Gasteiger partial charge in [-0.05, 0) is 36.2 Å². The zero-order chi connectivity index (χ0) is 16.7. The van der Waals surface area contributed by atoms with E-state index in [1.807, 2.05) is 6.92 Å². The predicted molar refractivity (Wildman–Crippen MR) is 90.3 cm³/mol. The molecule has 0 unspecified atom stereocenters. The third-order valence-corrected chi connectivity index (χ3v) is 4.56. The van der Waals surface area contributed by atoms with Gasteiger partial charge in [0.05, 0.1) is 17.6 Å². The zero-order valence-electron chi connectivity index (χ0n) is 12.9. The minimum atomic E-state index is -3.31. The summed E-state index contributed by atoms with van der Waals surface area (Å²) in [4.78, 5) is 4.16. The molecular formula is C16H20FN3O2S. The molecule has 0 atom stereocenters. The Morgan fingerprint density at radius 1 is 1.13 bits per heavy atom. The molecule has 0 aliphatic heterocycles. The lowest BCUT2D eigenvalue weighted by molar-refractivity contribution is 0.598. The third-order valence-electron chi connectivity index (χ3n) is 3.19. The first kappa shape index (κ1) is 17.2. The topological polar surface area (TPSA) is 71.1 Å². The molecule has 2 N–H and O–H groups in total. The Kier molecular flexibility index (Phi) is 5.92. The third kappa shape index (κ3) is 5.86. The van der Waals surface area contributed by atoms with Gasteiger partial charge in [0, 0.05) is 6.54 Å². The van der Waals surface area contributed by atoms with Crippen LogP contribution in [0.1, 0.15) is 25.3 Å². The minimum absolute atomic E-state index is 0.105. The van der Waals surface area contributed by atoms with E-state index in [0.717, 1.165) is 12.0 Å². The van der Waals surface area contributed by atoms with Gasteiger partial charge in [-0.1, -0.05) is 25.5 Å². The van der Waals surface area contributed by atoms with Gasteiger partial charge in [-0.15, -0.1) is 0 Å². The number of nitrogens with zero attached hydrogens (tertiary/aromatic N) is 1. The molecular weight excluding hydrogens is 317 g/mol. The van der Waals surface area contributed by atoms with Crippen molar-refractivity contribution in [3.63, 3.8) is 0 Å². The molecule has 0 saturated carbocycles. The molecule has 1 aromatic heterocycles. The Bertz CT molecular complexity index is 716. The lowest BCUT2D eigenvalue weighted by atomic mass is 10.2. The molecule has 0 saturated heterocycles. The van der Waals surface area contributed by atoms with Gasteiger partial charge in [-0.25, -0.2) is 17.8 Å². The van der Waals surface area contributed by atoms with Crippen molar-refractivity contribution in [2.45, 2.75) is 26.3 Å². The molecule has 0 aliphatic carbocycles. The molecule has 0 amide bonds. The summed E-state index contributed by atoms with van der Waals surface area (Å²) in [6.07, 6.45) is 2.92. The zero-order valence-corrected chi connectivity index (χ0v) is 13.7. The Labute approximate surface area is 136 Å². The van der Waals surface area contributed by atoms with E-state index < -0.39 is 10.0 Å². The van der Waals surface area contributed by atoms with Gasteiger partial charge in [-0.3, -0.25) is 4.72 Å². The molecule has 2 rings (SSSR count). The largest absolute Gasteiger partial charge is 0.366 e. The molecule has 1 aromatic carbocycles. The van der Waals surface area contributed by atoms with E-state index in [1.165, 1.54) is 18.3 Å². The van der Waals surface area contributed by atoms with Crippen LogP contribution in [0.2, 0.25) is 0 Å². The maximum absolute atomic E-state index is 12.8. The highest BCUT2D eigenvalue weighted by Crippen LogP contribution is 2.13. The first-order valence-corrected chi connectivity index (χ1v) is 9.08. The number of unbranched alkanes of at least 4 members (excludes halogenated alkanes) is 1. The molecule has 7 heteroatoms. The fourth-order valence-electron chi connectivity index (χ4n) is 1.92. The second kappa shape index (κ2) is 7.92. The molecule has 5 nitrogen and oxygen atoms in total. The van der Waals surface area contributed by atoms with Crippen LogP contribution >= 0.6 is 0 Å². The van der Waals surface area contributed by atoms with E-state index in [-0.39, 0.29) is 11.6 Å². The van der Waals surface area contributed by atoms with Gasteiger partial charge in [0.2, 0.25) is 10.0 Å². The minimum Gasteiger partial charge on any atom is -0.366 e. The molecule has 0 bridgehead atoms. The van der Waals surface area contributed by atoms with E-state index in [0.29, 0.717) is 24.5 Å². The maximum Gasteiger partial charge on any atom is 0.232 e. The molecule has 23 heavy (non-hydrogen) atoms.